The van der Waals surface area contributed by atoms with Crippen LogP contribution in [0.5, 0.6) is 17.2 Å². The second-order valence-corrected chi connectivity index (χ2v) is 8.15. The highest BCUT2D eigenvalue weighted by molar-refractivity contribution is 5.96. The number of amides is 3. The molecule has 0 aliphatic carbocycles. The zero-order valence-electron chi connectivity index (χ0n) is 20.0. The Morgan fingerprint density at radius 1 is 1.06 bits per heavy atom. The van der Waals surface area contributed by atoms with Crippen LogP contribution in [-0.4, -0.2) is 75.5 Å². The fraction of sp³-hybridized carbons (Fsp3) is 0.400. The molecule has 3 amide bonds. The first-order valence-corrected chi connectivity index (χ1v) is 11.0. The van der Waals surface area contributed by atoms with Crippen LogP contribution in [0.3, 0.4) is 0 Å². The number of nitrogens with one attached hydrogen (secondary N) is 1. The Morgan fingerprint density at radius 2 is 1.82 bits per heavy atom. The molecule has 2 aromatic carbocycles. The number of nitrogens with zero attached hydrogens (tertiary/aromatic N) is 2. The molecule has 2 aromatic rings. The summed E-state index contributed by atoms with van der Waals surface area (Å²) in [6, 6.07) is 12.6. The Bertz CT molecular complexity index is 1040. The number of carbonyl (C=O) groups is 3. The Morgan fingerprint density at radius 3 is 2.53 bits per heavy atom. The van der Waals surface area contributed by atoms with Gasteiger partial charge in [0.05, 0.1) is 33.8 Å². The van der Waals surface area contributed by atoms with Crippen molar-refractivity contribution in [3.05, 3.63) is 48.0 Å². The van der Waals surface area contributed by atoms with Gasteiger partial charge >= 0.3 is 0 Å². The Kier molecular flexibility index (Phi) is 8.34. The molecule has 3 rings (SSSR count). The summed E-state index contributed by atoms with van der Waals surface area (Å²) in [4.78, 5) is 40.8. The summed E-state index contributed by atoms with van der Waals surface area (Å²) < 4.78 is 15.7. The smallest absolute Gasteiger partial charge is 0.243 e. The molecule has 1 saturated heterocycles. The first kappa shape index (κ1) is 24.9. The first-order valence-electron chi connectivity index (χ1n) is 11.0. The lowest BCUT2D eigenvalue weighted by Crippen LogP contribution is -2.39. The molecule has 0 spiro atoms. The second kappa shape index (κ2) is 11.4. The minimum absolute atomic E-state index is 0.0620. The van der Waals surface area contributed by atoms with Crippen molar-refractivity contribution in [1.82, 2.24) is 9.80 Å². The monoisotopic (exact) mass is 469 g/mol. The SMILES string of the molecule is COc1cccc(NC(=O)CN(C)C(=O)[C@@H]2CC(=O)N(CCc3ccc(OC)c(OC)c3)C2)c1. The molecule has 182 valence electrons. The molecule has 0 bridgehead atoms. The summed E-state index contributed by atoms with van der Waals surface area (Å²) in [6.07, 6.45) is 0.776. The van der Waals surface area contributed by atoms with Gasteiger partial charge in [-0.15, -0.1) is 0 Å². The maximum atomic E-state index is 12.9. The van der Waals surface area contributed by atoms with Gasteiger partial charge in [0.15, 0.2) is 11.5 Å². The van der Waals surface area contributed by atoms with Gasteiger partial charge < -0.3 is 29.3 Å². The van der Waals surface area contributed by atoms with E-state index in [4.69, 9.17) is 14.2 Å². The third kappa shape index (κ3) is 6.18. The van der Waals surface area contributed by atoms with Crippen LogP contribution in [0.25, 0.3) is 0 Å². The lowest BCUT2D eigenvalue weighted by molar-refractivity contribution is -0.137. The van der Waals surface area contributed by atoms with Crippen molar-refractivity contribution in [3.8, 4) is 17.2 Å². The van der Waals surface area contributed by atoms with Crippen molar-refractivity contribution in [3.63, 3.8) is 0 Å². The molecule has 1 aliphatic heterocycles. The third-order valence-corrected chi connectivity index (χ3v) is 5.79. The molecule has 1 N–H and O–H groups in total. The van der Waals surface area contributed by atoms with Crippen LogP contribution >= 0.6 is 0 Å². The van der Waals surface area contributed by atoms with Crippen molar-refractivity contribution in [2.24, 2.45) is 5.92 Å². The molecule has 1 fully saturated rings. The first-order chi connectivity index (χ1) is 16.3. The summed E-state index contributed by atoms with van der Waals surface area (Å²) in [5.74, 6) is 0.837. The van der Waals surface area contributed by atoms with Crippen LogP contribution in [0.1, 0.15) is 12.0 Å². The second-order valence-electron chi connectivity index (χ2n) is 8.15. The van der Waals surface area contributed by atoms with Crippen molar-refractivity contribution >= 4 is 23.4 Å². The van der Waals surface area contributed by atoms with E-state index in [-0.39, 0.29) is 30.7 Å². The van der Waals surface area contributed by atoms with E-state index in [0.717, 1.165) is 5.56 Å². The number of likely N-dealkylation sites (N-methyl/N-ethyl adjacent to an activating group) is 1. The molecule has 1 aliphatic rings. The summed E-state index contributed by atoms with van der Waals surface area (Å²) in [5, 5.41) is 2.76. The highest BCUT2D eigenvalue weighted by atomic mass is 16.5. The van der Waals surface area contributed by atoms with Crippen LogP contribution in [0.4, 0.5) is 5.69 Å². The lowest BCUT2D eigenvalue weighted by Gasteiger charge is -2.21. The summed E-state index contributed by atoms with van der Waals surface area (Å²) >= 11 is 0. The van der Waals surface area contributed by atoms with E-state index in [0.29, 0.717) is 42.4 Å². The number of benzene rings is 2. The molecule has 0 radical (unpaired) electrons. The molecule has 1 heterocycles. The number of anilines is 1. The molecule has 1 atom stereocenters. The average Bonchev–Trinajstić information content (AvgIpc) is 3.22. The third-order valence-electron chi connectivity index (χ3n) is 5.79. The van der Waals surface area contributed by atoms with Gasteiger partial charge in [-0.25, -0.2) is 0 Å². The number of hydrogen-bond acceptors (Lipinski definition) is 6. The maximum absolute atomic E-state index is 12.9. The summed E-state index contributed by atoms with van der Waals surface area (Å²) in [5.41, 5.74) is 1.59. The fourth-order valence-corrected chi connectivity index (χ4v) is 3.96. The van der Waals surface area contributed by atoms with Crippen LogP contribution in [0, 0.1) is 5.92 Å². The number of ether oxygens (including phenoxy) is 3. The standard InChI is InChI=1S/C25H31N3O6/c1-27(16-23(29)26-19-6-5-7-20(14-19)32-2)25(31)18-13-24(30)28(15-18)11-10-17-8-9-21(33-3)22(12-17)34-4/h5-9,12,14,18H,10-11,13,15-16H2,1-4H3,(H,26,29)/t18-/m1/s1. The zero-order chi connectivity index (χ0) is 24.7. The molecule has 0 aromatic heterocycles. The molecular formula is C25H31N3O6. The lowest BCUT2D eigenvalue weighted by atomic mass is 10.1. The van der Waals surface area contributed by atoms with E-state index in [1.54, 1.807) is 57.5 Å². The maximum Gasteiger partial charge on any atom is 0.243 e. The predicted molar refractivity (Wildman–Crippen MR) is 127 cm³/mol. The summed E-state index contributed by atoms with van der Waals surface area (Å²) in [7, 11) is 6.28. The number of likely N-dealkylation sites (tertiary alicyclic amines) is 1. The summed E-state index contributed by atoms with van der Waals surface area (Å²) in [6.45, 7) is 0.733. The Labute approximate surface area is 199 Å². The number of hydrogen-bond donors (Lipinski definition) is 1. The number of rotatable bonds is 10. The number of methoxy groups -OCH3 is 3. The van der Waals surface area contributed by atoms with Gasteiger partial charge in [0.1, 0.15) is 5.75 Å². The highest BCUT2D eigenvalue weighted by Gasteiger charge is 2.35. The van der Waals surface area contributed by atoms with E-state index in [9.17, 15) is 14.4 Å². The van der Waals surface area contributed by atoms with Crippen molar-refractivity contribution in [2.45, 2.75) is 12.8 Å². The van der Waals surface area contributed by atoms with E-state index in [1.807, 2.05) is 18.2 Å². The molecular weight excluding hydrogens is 438 g/mol. The highest BCUT2D eigenvalue weighted by Crippen LogP contribution is 2.28. The van der Waals surface area contributed by atoms with E-state index in [2.05, 4.69) is 5.32 Å². The minimum Gasteiger partial charge on any atom is -0.497 e. The van der Waals surface area contributed by atoms with Crippen molar-refractivity contribution in [2.75, 3.05) is 53.3 Å². The number of carbonyl (C=O) groups excluding carboxylic acids is 3. The minimum atomic E-state index is -0.465. The van der Waals surface area contributed by atoms with Gasteiger partial charge in [-0.3, -0.25) is 14.4 Å². The average molecular weight is 470 g/mol. The van der Waals surface area contributed by atoms with Gasteiger partial charge in [0.25, 0.3) is 0 Å². The molecule has 34 heavy (non-hydrogen) atoms. The zero-order valence-corrected chi connectivity index (χ0v) is 20.0. The van der Waals surface area contributed by atoms with Crippen LogP contribution in [0.2, 0.25) is 0 Å². The van der Waals surface area contributed by atoms with E-state index in [1.165, 1.54) is 4.90 Å². The van der Waals surface area contributed by atoms with E-state index < -0.39 is 5.92 Å². The van der Waals surface area contributed by atoms with Crippen LogP contribution in [-0.2, 0) is 20.8 Å². The molecule has 9 heteroatoms. The largest absolute Gasteiger partial charge is 0.497 e. The van der Waals surface area contributed by atoms with Gasteiger partial charge in [-0.2, -0.15) is 0 Å². The van der Waals surface area contributed by atoms with Crippen LogP contribution in [0.15, 0.2) is 42.5 Å². The Hall–Kier alpha value is -3.75. The Balaban J connectivity index is 1.51. The predicted octanol–water partition coefficient (Wildman–Crippen LogP) is 2.20. The molecule has 0 saturated carbocycles. The van der Waals surface area contributed by atoms with Crippen LogP contribution < -0.4 is 19.5 Å². The fourth-order valence-electron chi connectivity index (χ4n) is 3.96. The quantitative estimate of drug-likeness (QED) is 0.573. The normalized spacial score (nSPS) is 15.1. The van der Waals surface area contributed by atoms with Crippen molar-refractivity contribution in [1.29, 1.82) is 0 Å². The molecule has 9 nitrogen and oxygen atoms in total. The topological polar surface area (TPSA) is 97.4 Å². The van der Waals surface area contributed by atoms with Gasteiger partial charge in [-0.05, 0) is 36.2 Å². The van der Waals surface area contributed by atoms with Gasteiger partial charge in [-0.1, -0.05) is 12.1 Å². The van der Waals surface area contributed by atoms with Gasteiger partial charge in [0.2, 0.25) is 17.7 Å². The van der Waals surface area contributed by atoms with Crippen molar-refractivity contribution < 1.29 is 28.6 Å². The molecule has 0 unspecified atom stereocenters. The van der Waals surface area contributed by atoms with E-state index >= 15 is 0 Å². The van der Waals surface area contributed by atoms with Gasteiger partial charge in [0, 0.05) is 38.3 Å².